The molecule has 0 spiro atoms. The van der Waals surface area contributed by atoms with E-state index in [0.717, 1.165) is 26.2 Å². The van der Waals surface area contributed by atoms with Crippen molar-refractivity contribution in [3.8, 4) is 0 Å². The fraction of sp³-hybridized carbons (Fsp3) is 0.333. The van der Waals surface area contributed by atoms with Crippen molar-refractivity contribution >= 4 is 16.5 Å². The van der Waals surface area contributed by atoms with Crippen molar-refractivity contribution in [2.45, 2.75) is 0 Å². The van der Waals surface area contributed by atoms with E-state index in [1.165, 1.54) is 16.5 Å². The molecule has 1 fully saturated rings. The molecule has 1 aliphatic rings. The number of anilines is 1. The van der Waals surface area contributed by atoms with Gasteiger partial charge in [-0.1, -0.05) is 36.4 Å². The number of hydrogen-bond donors (Lipinski definition) is 0. The maximum Gasteiger partial charge on any atom is 0.0575 e. The van der Waals surface area contributed by atoms with Crippen LogP contribution in [0.4, 0.5) is 5.69 Å². The second-order valence-electron chi connectivity index (χ2n) is 4.60. The van der Waals surface area contributed by atoms with Gasteiger partial charge in [0.1, 0.15) is 0 Å². The van der Waals surface area contributed by atoms with Crippen molar-refractivity contribution in [3.05, 3.63) is 42.5 Å². The van der Waals surface area contributed by atoms with Crippen LogP contribution >= 0.6 is 0 Å². The topological polar surface area (TPSA) is 15.7 Å². The molecular formula is C15H18N2O. The summed E-state index contributed by atoms with van der Waals surface area (Å²) in [5.41, 5.74) is 1.34. The van der Waals surface area contributed by atoms with Gasteiger partial charge in [-0.2, -0.15) is 5.06 Å². The lowest BCUT2D eigenvalue weighted by atomic mass is 10.1. The third kappa shape index (κ3) is 2.07. The summed E-state index contributed by atoms with van der Waals surface area (Å²) >= 11 is 0. The molecule has 0 saturated carbocycles. The van der Waals surface area contributed by atoms with Crippen LogP contribution in [0.15, 0.2) is 42.5 Å². The third-order valence-electron chi connectivity index (χ3n) is 3.60. The number of nitrogens with zero attached hydrogens (tertiary/aromatic N) is 2. The molecule has 0 atom stereocenters. The van der Waals surface area contributed by atoms with Crippen molar-refractivity contribution in [1.82, 2.24) is 5.06 Å². The highest BCUT2D eigenvalue weighted by Crippen LogP contribution is 2.27. The Morgan fingerprint density at radius 2 is 1.61 bits per heavy atom. The predicted octanol–water partition coefficient (Wildman–Crippen LogP) is 2.52. The van der Waals surface area contributed by atoms with Gasteiger partial charge in [0.05, 0.1) is 7.11 Å². The van der Waals surface area contributed by atoms with E-state index in [1.54, 1.807) is 7.11 Å². The Morgan fingerprint density at radius 1 is 0.889 bits per heavy atom. The molecule has 3 heteroatoms. The molecule has 1 aliphatic heterocycles. The summed E-state index contributed by atoms with van der Waals surface area (Å²) in [5, 5.41) is 4.66. The summed E-state index contributed by atoms with van der Waals surface area (Å²) in [7, 11) is 1.74. The van der Waals surface area contributed by atoms with Crippen LogP contribution in [0.2, 0.25) is 0 Å². The lowest BCUT2D eigenvalue weighted by molar-refractivity contribution is -0.133. The summed E-state index contributed by atoms with van der Waals surface area (Å²) in [6.07, 6.45) is 0. The highest BCUT2D eigenvalue weighted by Gasteiger charge is 2.17. The summed E-state index contributed by atoms with van der Waals surface area (Å²) in [4.78, 5) is 7.71. The van der Waals surface area contributed by atoms with Gasteiger partial charge in [-0.25, -0.2) is 0 Å². The van der Waals surface area contributed by atoms with Gasteiger partial charge in [-0.3, -0.25) is 0 Å². The van der Waals surface area contributed by atoms with Crippen LogP contribution in [0.25, 0.3) is 10.8 Å². The van der Waals surface area contributed by atoms with Gasteiger partial charge in [-0.15, -0.1) is 0 Å². The molecule has 0 bridgehead atoms. The molecule has 0 radical (unpaired) electrons. The molecule has 0 unspecified atom stereocenters. The zero-order chi connectivity index (χ0) is 12.4. The summed E-state index contributed by atoms with van der Waals surface area (Å²) in [6.45, 7) is 3.95. The molecule has 2 aromatic rings. The summed E-state index contributed by atoms with van der Waals surface area (Å²) < 4.78 is 0. The first kappa shape index (κ1) is 11.5. The molecular weight excluding hydrogens is 224 g/mol. The maximum absolute atomic E-state index is 5.27. The van der Waals surface area contributed by atoms with E-state index in [0.29, 0.717) is 0 Å². The second-order valence-corrected chi connectivity index (χ2v) is 4.60. The second kappa shape index (κ2) is 4.96. The molecule has 0 N–H and O–H groups in total. The van der Waals surface area contributed by atoms with Gasteiger partial charge < -0.3 is 9.74 Å². The van der Waals surface area contributed by atoms with E-state index in [9.17, 15) is 0 Å². The average molecular weight is 242 g/mol. The minimum absolute atomic E-state index is 0.958. The lowest BCUT2D eigenvalue weighted by Gasteiger charge is -2.35. The van der Waals surface area contributed by atoms with Gasteiger partial charge in [0.15, 0.2) is 0 Å². The largest absolute Gasteiger partial charge is 0.368 e. The predicted molar refractivity (Wildman–Crippen MR) is 74.7 cm³/mol. The van der Waals surface area contributed by atoms with Crippen LogP contribution in [0.3, 0.4) is 0 Å². The number of benzene rings is 2. The van der Waals surface area contributed by atoms with Crippen LogP contribution in [-0.2, 0) is 4.84 Å². The van der Waals surface area contributed by atoms with Crippen LogP contribution < -0.4 is 4.90 Å². The van der Waals surface area contributed by atoms with E-state index in [-0.39, 0.29) is 0 Å². The van der Waals surface area contributed by atoms with E-state index in [2.05, 4.69) is 47.4 Å². The van der Waals surface area contributed by atoms with Crippen LogP contribution in [0, 0.1) is 0 Å². The molecule has 3 nitrogen and oxygen atoms in total. The molecule has 1 heterocycles. The van der Waals surface area contributed by atoms with Gasteiger partial charge in [0.2, 0.25) is 0 Å². The first-order valence-electron chi connectivity index (χ1n) is 6.40. The molecule has 0 aliphatic carbocycles. The van der Waals surface area contributed by atoms with Crippen molar-refractivity contribution in [3.63, 3.8) is 0 Å². The first-order chi connectivity index (χ1) is 8.88. The van der Waals surface area contributed by atoms with Crippen LogP contribution in [0.1, 0.15) is 0 Å². The van der Waals surface area contributed by atoms with E-state index in [4.69, 9.17) is 4.84 Å². The van der Waals surface area contributed by atoms with Crippen molar-refractivity contribution in [2.75, 3.05) is 38.2 Å². The Balaban J connectivity index is 1.91. The molecule has 0 aromatic heterocycles. The van der Waals surface area contributed by atoms with Gasteiger partial charge >= 0.3 is 0 Å². The number of hydroxylamine groups is 2. The minimum atomic E-state index is 0.958. The monoisotopic (exact) mass is 242 g/mol. The molecule has 0 amide bonds. The van der Waals surface area contributed by atoms with Crippen LogP contribution in [0.5, 0.6) is 0 Å². The minimum Gasteiger partial charge on any atom is -0.368 e. The molecule has 18 heavy (non-hydrogen) atoms. The smallest absolute Gasteiger partial charge is 0.0575 e. The fourth-order valence-corrected chi connectivity index (χ4v) is 2.60. The third-order valence-corrected chi connectivity index (χ3v) is 3.60. The number of rotatable bonds is 2. The maximum atomic E-state index is 5.27. The Bertz CT molecular complexity index is 528. The highest BCUT2D eigenvalue weighted by atomic mass is 16.7. The number of hydrogen-bond acceptors (Lipinski definition) is 3. The van der Waals surface area contributed by atoms with E-state index >= 15 is 0 Å². The Morgan fingerprint density at radius 3 is 2.39 bits per heavy atom. The Kier molecular flexibility index (Phi) is 3.17. The van der Waals surface area contributed by atoms with Crippen LogP contribution in [-0.4, -0.2) is 38.4 Å². The quantitative estimate of drug-likeness (QED) is 0.805. The van der Waals surface area contributed by atoms with Crippen molar-refractivity contribution in [1.29, 1.82) is 0 Å². The number of piperazine rings is 1. The van der Waals surface area contributed by atoms with Gasteiger partial charge in [0.25, 0.3) is 0 Å². The Hall–Kier alpha value is -1.58. The molecule has 2 aromatic carbocycles. The van der Waals surface area contributed by atoms with Gasteiger partial charge in [-0.05, 0) is 11.5 Å². The highest BCUT2D eigenvalue weighted by molar-refractivity contribution is 5.94. The van der Waals surface area contributed by atoms with Gasteiger partial charge in [0, 0.05) is 37.3 Å². The lowest BCUT2D eigenvalue weighted by Crippen LogP contribution is -2.45. The normalized spacial score (nSPS) is 17.3. The zero-order valence-electron chi connectivity index (χ0n) is 10.7. The van der Waals surface area contributed by atoms with Crippen molar-refractivity contribution < 1.29 is 4.84 Å². The first-order valence-corrected chi connectivity index (χ1v) is 6.40. The van der Waals surface area contributed by atoms with E-state index in [1.807, 2.05) is 5.06 Å². The summed E-state index contributed by atoms with van der Waals surface area (Å²) in [6, 6.07) is 15.1. The molecule has 1 saturated heterocycles. The van der Waals surface area contributed by atoms with Crippen molar-refractivity contribution in [2.24, 2.45) is 0 Å². The fourth-order valence-electron chi connectivity index (χ4n) is 2.60. The average Bonchev–Trinajstić information content (AvgIpc) is 2.47. The summed E-state index contributed by atoms with van der Waals surface area (Å²) in [5.74, 6) is 0. The van der Waals surface area contributed by atoms with E-state index < -0.39 is 0 Å². The SMILES string of the molecule is CON1CCN(c2cccc3ccccc23)CC1. The molecule has 94 valence electrons. The Labute approximate surface area is 108 Å². The zero-order valence-corrected chi connectivity index (χ0v) is 10.7. The molecule has 3 rings (SSSR count). The standard InChI is InChI=1S/C15H18N2O/c1-18-17-11-9-16(10-12-17)15-8-4-6-13-5-2-3-7-14(13)15/h2-8H,9-12H2,1H3. The number of fused-ring (bicyclic) bond motifs is 1.